The Hall–Kier alpha value is -1.59. The Balaban J connectivity index is 1.94. The Morgan fingerprint density at radius 2 is 1.90 bits per heavy atom. The van der Waals surface area contributed by atoms with Crippen molar-refractivity contribution in [3.05, 3.63) is 0 Å². The van der Waals surface area contributed by atoms with Crippen molar-refractivity contribution in [1.29, 1.82) is 0 Å². The normalized spacial score (nSPS) is 21.8. The molecule has 2 rings (SSSR count). The number of carboxylic acid groups (broad SMARTS) is 1. The lowest BCUT2D eigenvalue weighted by Gasteiger charge is -2.37. The smallest absolute Gasteiger partial charge is 0.305 e. The molecule has 1 heterocycles. The lowest BCUT2D eigenvalue weighted by Crippen LogP contribution is -2.53. The molecular formula is C14H22N2O4. The molecule has 2 amide bonds. The Bertz CT molecular complexity index is 402. The number of amides is 2. The van der Waals surface area contributed by atoms with Crippen LogP contribution in [0.3, 0.4) is 0 Å². The van der Waals surface area contributed by atoms with Crippen molar-refractivity contribution in [2.75, 3.05) is 13.1 Å². The van der Waals surface area contributed by atoms with Gasteiger partial charge in [-0.3, -0.25) is 14.4 Å². The number of nitrogens with one attached hydrogen (secondary N) is 1. The molecule has 112 valence electrons. The first-order valence-corrected chi connectivity index (χ1v) is 7.31. The summed E-state index contributed by atoms with van der Waals surface area (Å²) in [5.74, 6) is -1.11. The first-order valence-electron chi connectivity index (χ1n) is 7.31. The van der Waals surface area contributed by atoms with E-state index in [0.29, 0.717) is 25.8 Å². The maximum Gasteiger partial charge on any atom is 0.305 e. The van der Waals surface area contributed by atoms with Gasteiger partial charge in [0.05, 0.1) is 18.5 Å². The zero-order valence-corrected chi connectivity index (χ0v) is 11.7. The number of carbonyl (C=O) groups is 3. The monoisotopic (exact) mass is 282 g/mol. The highest BCUT2D eigenvalue weighted by Crippen LogP contribution is 2.31. The number of aliphatic carboxylic acids is 1. The van der Waals surface area contributed by atoms with Gasteiger partial charge in [0, 0.05) is 13.0 Å². The predicted octanol–water partition coefficient (Wildman–Crippen LogP) is 0.903. The molecule has 0 radical (unpaired) electrons. The van der Waals surface area contributed by atoms with E-state index in [4.69, 9.17) is 5.11 Å². The van der Waals surface area contributed by atoms with Gasteiger partial charge in [0.15, 0.2) is 0 Å². The molecule has 20 heavy (non-hydrogen) atoms. The summed E-state index contributed by atoms with van der Waals surface area (Å²) in [6.07, 6.45) is 5.65. The molecule has 1 aliphatic carbocycles. The van der Waals surface area contributed by atoms with Crippen LogP contribution in [-0.4, -0.2) is 46.4 Å². The fourth-order valence-electron chi connectivity index (χ4n) is 3.24. The van der Waals surface area contributed by atoms with Crippen LogP contribution in [0.25, 0.3) is 0 Å². The molecule has 0 spiro atoms. The van der Waals surface area contributed by atoms with Crippen LogP contribution in [0.4, 0.5) is 0 Å². The average Bonchev–Trinajstić information content (AvgIpc) is 2.74. The summed E-state index contributed by atoms with van der Waals surface area (Å²) in [5.41, 5.74) is -0.621. The lowest BCUT2D eigenvalue weighted by molar-refractivity contribution is -0.140. The lowest BCUT2D eigenvalue weighted by atomic mass is 9.79. The van der Waals surface area contributed by atoms with Gasteiger partial charge in [0.25, 0.3) is 0 Å². The molecule has 0 aromatic rings. The van der Waals surface area contributed by atoms with Crippen molar-refractivity contribution < 1.29 is 19.5 Å². The minimum Gasteiger partial charge on any atom is -0.481 e. The molecule has 1 aliphatic heterocycles. The van der Waals surface area contributed by atoms with Crippen molar-refractivity contribution in [1.82, 2.24) is 10.2 Å². The van der Waals surface area contributed by atoms with Gasteiger partial charge in [-0.25, -0.2) is 0 Å². The summed E-state index contributed by atoms with van der Waals surface area (Å²) in [4.78, 5) is 36.2. The third kappa shape index (κ3) is 3.71. The maximum atomic E-state index is 12.1. The van der Waals surface area contributed by atoms with E-state index in [2.05, 4.69) is 5.32 Å². The van der Waals surface area contributed by atoms with Gasteiger partial charge in [-0.15, -0.1) is 0 Å². The summed E-state index contributed by atoms with van der Waals surface area (Å²) in [7, 11) is 0. The van der Waals surface area contributed by atoms with Crippen molar-refractivity contribution in [2.24, 2.45) is 0 Å². The first kappa shape index (κ1) is 14.8. The van der Waals surface area contributed by atoms with E-state index in [-0.39, 0.29) is 24.8 Å². The van der Waals surface area contributed by atoms with E-state index in [1.54, 1.807) is 4.90 Å². The minimum absolute atomic E-state index is 0.0103. The van der Waals surface area contributed by atoms with E-state index in [0.717, 1.165) is 25.7 Å². The van der Waals surface area contributed by atoms with Crippen molar-refractivity contribution in [3.8, 4) is 0 Å². The second-order valence-corrected chi connectivity index (χ2v) is 5.88. The molecule has 6 heteroatoms. The standard InChI is InChI=1S/C14H22N2O4/c17-11(10-16-8-4-5-12(16)18)15-14(9-13(19)20)6-2-1-3-7-14/h1-10H2,(H,15,17)(H,19,20). The third-order valence-electron chi connectivity index (χ3n) is 4.21. The van der Waals surface area contributed by atoms with Crippen LogP contribution < -0.4 is 5.32 Å². The van der Waals surface area contributed by atoms with Crippen LogP contribution in [0, 0.1) is 0 Å². The van der Waals surface area contributed by atoms with Crippen molar-refractivity contribution in [2.45, 2.75) is 56.9 Å². The van der Waals surface area contributed by atoms with E-state index >= 15 is 0 Å². The molecule has 6 nitrogen and oxygen atoms in total. The highest BCUT2D eigenvalue weighted by atomic mass is 16.4. The fraction of sp³-hybridized carbons (Fsp3) is 0.786. The second kappa shape index (κ2) is 6.24. The van der Waals surface area contributed by atoms with Crippen molar-refractivity contribution >= 4 is 17.8 Å². The molecule has 0 aromatic heterocycles. The highest BCUT2D eigenvalue weighted by Gasteiger charge is 2.36. The van der Waals surface area contributed by atoms with E-state index in [1.807, 2.05) is 0 Å². The summed E-state index contributed by atoms with van der Waals surface area (Å²) < 4.78 is 0. The Labute approximate surface area is 118 Å². The largest absolute Gasteiger partial charge is 0.481 e. The van der Waals surface area contributed by atoms with Crippen LogP contribution in [0.1, 0.15) is 51.4 Å². The zero-order chi connectivity index (χ0) is 14.6. The topological polar surface area (TPSA) is 86.7 Å². The van der Waals surface area contributed by atoms with E-state index in [1.165, 1.54) is 0 Å². The fourth-order valence-corrected chi connectivity index (χ4v) is 3.24. The summed E-state index contributed by atoms with van der Waals surface area (Å²) in [6, 6.07) is 0. The third-order valence-corrected chi connectivity index (χ3v) is 4.21. The van der Waals surface area contributed by atoms with E-state index in [9.17, 15) is 14.4 Å². The zero-order valence-electron chi connectivity index (χ0n) is 11.7. The van der Waals surface area contributed by atoms with Gasteiger partial charge in [0.1, 0.15) is 0 Å². The van der Waals surface area contributed by atoms with Crippen LogP contribution >= 0.6 is 0 Å². The number of rotatable bonds is 5. The molecule has 0 bridgehead atoms. The second-order valence-electron chi connectivity index (χ2n) is 5.88. The van der Waals surface area contributed by atoms with Crippen LogP contribution in [0.5, 0.6) is 0 Å². The molecule has 2 aliphatic rings. The molecule has 1 saturated carbocycles. The van der Waals surface area contributed by atoms with E-state index < -0.39 is 11.5 Å². The SMILES string of the molecule is O=C(O)CC1(NC(=O)CN2CCCC2=O)CCCCC1. The summed E-state index contributed by atoms with van der Waals surface area (Å²) >= 11 is 0. The number of carbonyl (C=O) groups excluding carboxylic acids is 2. The van der Waals surface area contributed by atoms with Gasteiger partial charge < -0.3 is 15.3 Å². The van der Waals surface area contributed by atoms with Gasteiger partial charge in [-0.05, 0) is 19.3 Å². The van der Waals surface area contributed by atoms with Gasteiger partial charge in [-0.2, -0.15) is 0 Å². The molecular weight excluding hydrogens is 260 g/mol. The Morgan fingerprint density at radius 3 is 2.45 bits per heavy atom. The minimum atomic E-state index is -0.885. The van der Waals surface area contributed by atoms with Crippen LogP contribution in [-0.2, 0) is 14.4 Å². The van der Waals surface area contributed by atoms with Gasteiger partial charge in [-0.1, -0.05) is 19.3 Å². The Morgan fingerprint density at radius 1 is 1.20 bits per heavy atom. The van der Waals surface area contributed by atoms with Crippen LogP contribution in [0.15, 0.2) is 0 Å². The number of hydrogen-bond acceptors (Lipinski definition) is 3. The Kier molecular flexibility index (Phi) is 4.62. The van der Waals surface area contributed by atoms with Gasteiger partial charge in [0.2, 0.25) is 11.8 Å². The molecule has 1 saturated heterocycles. The van der Waals surface area contributed by atoms with Crippen molar-refractivity contribution in [3.63, 3.8) is 0 Å². The average molecular weight is 282 g/mol. The number of hydrogen-bond donors (Lipinski definition) is 2. The number of carboxylic acids is 1. The van der Waals surface area contributed by atoms with Crippen LogP contribution in [0.2, 0.25) is 0 Å². The quantitative estimate of drug-likeness (QED) is 0.784. The summed E-state index contributed by atoms with van der Waals surface area (Å²) in [6.45, 7) is 0.679. The molecule has 0 atom stereocenters. The molecule has 0 aromatic carbocycles. The molecule has 2 N–H and O–H groups in total. The maximum absolute atomic E-state index is 12.1. The van der Waals surface area contributed by atoms with Gasteiger partial charge >= 0.3 is 5.97 Å². The number of likely N-dealkylation sites (tertiary alicyclic amines) is 1. The predicted molar refractivity (Wildman–Crippen MR) is 72.0 cm³/mol. The summed E-state index contributed by atoms with van der Waals surface area (Å²) in [5, 5.41) is 12.0. The molecule has 2 fully saturated rings. The highest BCUT2D eigenvalue weighted by molar-refractivity contribution is 5.86. The molecule has 0 unspecified atom stereocenters. The first-order chi connectivity index (χ1) is 9.51. The number of nitrogens with zero attached hydrogens (tertiary/aromatic N) is 1.